The van der Waals surface area contributed by atoms with Gasteiger partial charge in [-0.05, 0) is 24.0 Å². The summed E-state index contributed by atoms with van der Waals surface area (Å²) in [6.45, 7) is 1.71. The van der Waals surface area contributed by atoms with Crippen molar-refractivity contribution >= 4 is 11.8 Å². The van der Waals surface area contributed by atoms with E-state index in [1.165, 1.54) is 5.56 Å². The number of hydrogen-bond donors (Lipinski definition) is 1. The highest BCUT2D eigenvalue weighted by Gasteiger charge is 2.26. The number of nitrogens with zero attached hydrogens (tertiary/aromatic N) is 1. The zero-order chi connectivity index (χ0) is 18.9. The van der Waals surface area contributed by atoms with E-state index in [2.05, 4.69) is 17.4 Å². The van der Waals surface area contributed by atoms with E-state index < -0.39 is 0 Å². The first kappa shape index (κ1) is 19.1. The van der Waals surface area contributed by atoms with Gasteiger partial charge in [0.25, 0.3) is 0 Å². The van der Waals surface area contributed by atoms with Crippen molar-refractivity contribution in [1.29, 1.82) is 0 Å². The number of aryl methyl sites for hydroxylation is 1. The fourth-order valence-electron chi connectivity index (χ4n) is 3.15. The SMILES string of the molecule is O=C(CCc1ccccc1)NCC1CN(CCc2ccccc2)C(=O)CO1. The molecule has 3 rings (SSSR count). The van der Waals surface area contributed by atoms with Crippen LogP contribution in [0.4, 0.5) is 0 Å². The zero-order valence-electron chi connectivity index (χ0n) is 15.5. The first-order chi connectivity index (χ1) is 13.2. The Balaban J connectivity index is 1.39. The number of nitrogens with one attached hydrogen (secondary N) is 1. The van der Waals surface area contributed by atoms with Gasteiger partial charge in [-0.1, -0.05) is 60.7 Å². The maximum Gasteiger partial charge on any atom is 0.248 e. The van der Waals surface area contributed by atoms with Gasteiger partial charge >= 0.3 is 0 Å². The van der Waals surface area contributed by atoms with Gasteiger partial charge in [-0.15, -0.1) is 0 Å². The predicted molar refractivity (Wildman–Crippen MR) is 104 cm³/mol. The molecular weight excluding hydrogens is 340 g/mol. The van der Waals surface area contributed by atoms with Crippen molar-refractivity contribution < 1.29 is 14.3 Å². The Morgan fingerprint density at radius 1 is 1.00 bits per heavy atom. The summed E-state index contributed by atoms with van der Waals surface area (Å²) in [6.07, 6.45) is 1.84. The molecular formula is C22H26N2O3. The number of benzene rings is 2. The molecule has 1 aliphatic heterocycles. The molecule has 0 saturated carbocycles. The molecule has 142 valence electrons. The smallest absolute Gasteiger partial charge is 0.248 e. The molecule has 1 atom stereocenters. The van der Waals surface area contributed by atoms with E-state index in [9.17, 15) is 9.59 Å². The summed E-state index contributed by atoms with van der Waals surface area (Å²) in [7, 11) is 0. The van der Waals surface area contributed by atoms with E-state index in [-0.39, 0.29) is 24.5 Å². The van der Waals surface area contributed by atoms with Crippen molar-refractivity contribution in [2.75, 3.05) is 26.2 Å². The van der Waals surface area contributed by atoms with Crippen molar-refractivity contribution in [3.8, 4) is 0 Å². The number of amides is 2. The lowest BCUT2D eigenvalue weighted by Gasteiger charge is -2.33. The van der Waals surface area contributed by atoms with Crippen LogP contribution in [-0.2, 0) is 27.2 Å². The average Bonchev–Trinajstić information content (AvgIpc) is 2.72. The Kier molecular flexibility index (Phi) is 6.99. The largest absolute Gasteiger partial charge is 0.365 e. The molecule has 1 heterocycles. The van der Waals surface area contributed by atoms with Gasteiger partial charge in [0.2, 0.25) is 11.8 Å². The second-order valence-corrected chi connectivity index (χ2v) is 6.80. The van der Waals surface area contributed by atoms with E-state index in [4.69, 9.17) is 4.74 Å². The van der Waals surface area contributed by atoms with Crippen LogP contribution in [0.2, 0.25) is 0 Å². The zero-order valence-corrected chi connectivity index (χ0v) is 15.5. The first-order valence-electron chi connectivity index (χ1n) is 9.44. The summed E-state index contributed by atoms with van der Waals surface area (Å²) >= 11 is 0. The quantitative estimate of drug-likeness (QED) is 0.779. The van der Waals surface area contributed by atoms with Crippen LogP contribution >= 0.6 is 0 Å². The van der Waals surface area contributed by atoms with E-state index in [0.29, 0.717) is 26.1 Å². The minimum absolute atomic E-state index is 0.00943. The monoisotopic (exact) mass is 366 g/mol. The molecule has 2 aromatic rings. The Labute approximate surface area is 160 Å². The highest BCUT2D eigenvalue weighted by molar-refractivity contribution is 5.78. The van der Waals surface area contributed by atoms with Crippen molar-refractivity contribution in [1.82, 2.24) is 10.2 Å². The minimum Gasteiger partial charge on any atom is -0.365 e. The van der Waals surface area contributed by atoms with Crippen molar-refractivity contribution in [2.45, 2.75) is 25.4 Å². The van der Waals surface area contributed by atoms with Crippen molar-refractivity contribution in [3.63, 3.8) is 0 Å². The Bertz CT molecular complexity index is 734. The molecule has 5 heteroatoms. The Morgan fingerprint density at radius 2 is 1.63 bits per heavy atom. The number of carbonyl (C=O) groups is 2. The molecule has 27 heavy (non-hydrogen) atoms. The fourth-order valence-corrected chi connectivity index (χ4v) is 3.15. The van der Waals surface area contributed by atoms with Gasteiger partial charge in [0, 0.05) is 26.1 Å². The normalized spacial score (nSPS) is 17.0. The van der Waals surface area contributed by atoms with Gasteiger partial charge < -0.3 is 15.0 Å². The minimum atomic E-state index is -0.154. The topological polar surface area (TPSA) is 58.6 Å². The lowest BCUT2D eigenvalue weighted by Crippen LogP contribution is -2.51. The van der Waals surface area contributed by atoms with Gasteiger partial charge in [0.1, 0.15) is 6.61 Å². The molecule has 0 radical (unpaired) electrons. The lowest BCUT2D eigenvalue weighted by molar-refractivity contribution is -0.148. The van der Waals surface area contributed by atoms with Crippen LogP contribution in [0.3, 0.4) is 0 Å². The lowest BCUT2D eigenvalue weighted by atomic mass is 10.1. The second kappa shape index (κ2) is 9.88. The first-order valence-corrected chi connectivity index (χ1v) is 9.44. The highest BCUT2D eigenvalue weighted by atomic mass is 16.5. The second-order valence-electron chi connectivity index (χ2n) is 6.80. The van der Waals surface area contributed by atoms with Crippen LogP contribution in [-0.4, -0.2) is 49.1 Å². The summed E-state index contributed by atoms with van der Waals surface area (Å²) in [4.78, 5) is 26.0. The van der Waals surface area contributed by atoms with E-state index in [0.717, 1.165) is 18.4 Å². The molecule has 5 nitrogen and oxygen atoms in total. The molecule has 0 aromatic heterocycles. The van der Waals surface area contributed by atoms with Crippen LogP contribution in [0.5, 0.6) is 0 Å². The van der Waals surface area contributed by atoms with Crippen LogP contribution in [0.15, 0.2) is 60.7 Å². The maximum absolute atomic E-state index is 12.1. The molecule has 2 aromatic carbocycles. The predicted octanol–water partition coefficient (Wildman–Crippen LogP) is 2.21. The number of rotatable bonds is 8. The highest BCUT2D eigenvalue weighted by Crippen LogP contribution is 2.09. The van der Waals surface area contributed by atoms with Gasteiger partial charge in [-0.2, -0.15) is 0 Å². The van der Waals surface area contributed by atoms with Gasteiger partial charge in [0.05, 0.1) is 6.10 Å². The van der Waals surface area contributed by atoms with Gasteiger partial charge in [-0.25, -0.2) is 0 Å². The molecule has 0 spiro atoms. The molecule has 1 N–H and O–H groups in total. The molecule has 1 aliphatic rings. The average molecular weight is 366 g/mol. The fraction of sp³-hybridized carbons (Fsp3) is 0.364. The standard InChI is InChI=1S/C22H26N2O3/c25-21(12-11-18-7-3-1-4-8-18)23-15-20-16-24(22(26)17-27-20)14-13-19-9-5-2-6-10-19/h1-10,20H,11-17H2,(H,23,25). The molecule has 0 aliphatic carbocycles. The van der Waals surface area contributed by atoms with Crippen LogP contribution < -0.4 is 5.32 Å². The molecule has 1 saturated heterocycles. The number of carbonyl (C=O) groups excluding carboxylic acids is 2. The van der Waals surface area contributed by atoms with Crippen LogP contribution in [0.25, 0.3) is 0 Å². The van der Waals surface area contributed by atoms with E-state index >= 15 is 0 Å². The number of ether oxygens (including phenoxy) is 1. The van der Waals surface area contributed by atoms with Crippen LogP contribution in [0.1, 0.15) is 17.5 Å². The van der Waals surface area contributed by atoms with Gasteiger partial charge in [0.15, 0.2) is 0 Å². The summed E-state index contributed by atoms with van der Waals surface area (Å²) in [5.41, 5.74) is 2.36. The molecule has 0 bridgehead atoms. The summed E-state index contributed by atoms with van der Waals surface area (Å²) in [6, 6.07) is 20.1. The number of hydrogen-bond acceptors (Lipinski definition) is 3. The maximum atomic E-state index is 12.1. The summed E-state index contributed by atoms with van der Waals surface area (Å²) < 4.78 is 5.58. The Hall–Kier alpha value is -2.66. The summed E-state index contributed by atoms with van der Waals surface area (Å²) in [5.74, 6) is 0.0211. The Morgan fingerprint density at radius 3 is 2.30 bits per heavy atom. The third-order valence-corrected chi connectivity index (χ3v) is 4.74. The molecule has 2 amide bonds. The molecule has 1 unspecified atom stereocenters. The molecule has 1 fully saturated rings. The van der Waals surface area contributed by atoms with E-state index in [1.54, 1.807) is 0 Å². The summed E-state index contributed by atoms with van der Waals surface area (Å²) in [5, 5.41) is 2.93. The third-order valence-electron chi connectivity index (χ3n) is 4.74. The van der Waals surface area contributed by atoms with Crippen LogP contribution in [0, 0.1) is 0 Å². The van der Waals surface area contributed by atoms with Gasteiger partial charge in [-0.3, -0.25) is 9.59 Å². The third kappa shape index (κ3) is 6.22. The van der Waals surface area contributed by atoms with Crippen molar-refractivity contribution in [2.24, 2.45) is 0 Å². The van der Waals surface area contributed by atoms with Crippen molar-refractivity contribution in [3.05, 3.63) is 71.8 Å². The number of morpholine rings is 1. The van der Waals surface area contributed by atoms with E-state index in [1.807, 2.05) is 53.4 Å².